The number of unbranched alkanes of at least 4 members (excludes halogenated alkanes) is 1. The number of carbonyl (C=O) groups is 1. The predicted molar refractivity (Wildman–Crippen MR) is 85.8 cm³/mol. The molecule has 2 rings (SSSR count). The van der Waals surface area contributed by atoms with Crippen molar-refractivity contribution in [3.8, 4) is 5.69 Å². The van der Waals surface area contributed by atoms with Gasteiger partial charge in [0.05, 0.1) is 17.4 Å². The first kappa shape index (κ1) is 15.5. The van der Waals surface area contributed by atoms with Crippen molar-refractivity contribution < 1.29 is 4.79 Å². The van der Waals surface area contributed by atoms with Crippen molar-refractivity contribution in [3.05, 3.63) is 48.3 Å². The van der Waals surface area contributed by atoms with E-state index in [1.165, 1.54) is 12.8 Å². The quantitative estimate of drug-likeness (QED) is 0.661. The Bertz CT molecular complexity index is 560. The molecule has 1 atom stereocenters. The molecule has 0 saturated heterocycles. The van der Waals surface area contributed by atoms with Crippen LogP contribution in [0, 0.1) is 5.92 Å². The number of para-hydroxylation sites is 1. The minimum atomic E-state index is 0.208. The lowest BCUT2D eigenvalue weighted by Gasteiger charge is -2.12. The van der Waals surface area contributed by atoms with E-state index in [1.807, 2.05) is 36.5 Å². The van der Waals surface area contributed by atoms with Gasteiger partial charge in [-0.05, 0) is 18.1 Å². The first-order valence-corrected chi connectivity index (χ1v) is 7.87. The van der Waals surface area contributed by atoms with Crippen LogP contribution in [0.5, 0.6) is 0 Å². The number of carbonyl (C=O) groups excluding carboxylic acids is 1. The van der Waals surface area contributed by atoms with Gasteiger partial charge >= 0.3 is 0 Å². The molecule has 0 N–H and O–H groups in total. The summed E-state index contributed by atoms with van der Waals surface area (Å²) in [7, 11) is 0. The van der Waals surface area contributed by atoms with Crippen molar-refractivity contribution in [2.75, 3.05) is 0 Å². The van der Waals surface area contributed by atoms with Gasteiger partial charge in [0.1, 0.15) is 0 Å². The summed E-state index contributed by atoms with van der Waals surface area (Å²) in [6.45, 7) is 4.36. The summed E-state index contributed by atoms with van der Waals surface area (Å²) in [5.74, 6) is 0.706. The molecule has 3 nitrogen and oxygen atoms in total. The van der Waals surface area contributed by atoms with Crippen LogP contribution in [-0.4, -0.2) is 15.6 Å². The van der Waals surface area contributed by atoms with Crippen LogP contribution in [0.4, 0.5) is 0 Å². The van der Waals surface area contributed by atoms with Crippen molar-refractivity contribution in [1.29, 1.82) is 0 Å². The summed E-state index contributed by atoms with van der Waals surface area (Å²) in [6, 6.07) is 9.88. The number of hydrogen-bond donors (Lipinski definition) is 0. The van der Waals surface area contributed by atoms with Crippen molar-refractivity contribution >= 4 is 5.78 Å². The van der Waals surface area contributed by atoms with E-state index in [2.05, 4.69) is 18.9 Å². The highest BCUT2D eigenvalue weighted by atomic mass is 16.1. The van der Waals surface area contributed by atoms with Gasteiger partial charge < -0.3 is 0 Å². The summed E-state index contributed by atoms with van der Waals surface area (Å²) in [6.07, 6.45) is 8.76. The molecule has 0 fully saturated rings. The Balaban J connectivity index is 2.02. The highest BCUT2D eigenvalue weighted by Gasteiger charge is 2.15. The first-order chi connectivity index (χ1) is 10.2. The monoisotopic (exact) mass is 284 g/mol. The maximum atomic E-state index is 12.4. The molecule has 21 heavy (non-hydrogen) atoms. The lowest BCUT2D eigenvalue weighted by atomic mass is 9.92. The molecular weight excluding hydrogens is 260 g/mol. The number of ketones is 1. The van der Waals surface area contributed by atoms with Crippen LogP contribution in [0.15, 0.2) is 42.7 Å². The largest absolute Gasteiger partial charge is 0.294 e. The summed E-state index contributed by atoms with van der Waals surface area (Å²) in [4.78, 5) is 12.4. The molecule has 0 aliphatic heterocycles. The van der Waals surface area contributed by atoms with Gasteiger partial charge in [0.25, 0.3) is 0 Å². The number of hydrogen-bond acceptors (Lipinski definition) is 2. The molecule has 0 amide bonds. The molecule has 0 bridgehead atoms. The third kappa shape index (κ3) is 4.28. The molecule has 0 aliphatic rings. The standard InChI is InChI=1S/C18H24N2O/c1-3-5-9-15(4-2)12-18(21)16-13-19-20(14-16)17-10-7-6-8-11-17/h6-8,10-11,13-15H,3-5,9,12H2,1-2H3. The molecule has 112 valence electrons. The summed E-state index contributed by atoms with van der Waals surface area (Å²) in [5.41, 5.74) is 1.70. The van der Waals surface area contributed by atoms with Crippen molar-refractivity contribution in [2.45, 2.75) is 46.0 Å². The Kier molecular flexibility index (Phi) is 5.73. The zero-order valence-electron chi connectivity index (χ0n) is 13.0. The van der Waals surface area contributed by atoms with Crippen LogP contribution >= 0.6 is 0 Å². The van der Waals surface area contributed by atoms with Crippen LogP contribution in [-0.2, 0) is 0 Å². The van der Waals surface area contributed by atoms with Crippen LogP contribution < -0.4 is 0 Å². The van der Waals surface area contributed by atoms with Crippen LogP contribution in [0.1, 0.15) is 56.3 Å². The highest BCUT2D eigenvalue weighted by molar-refractivity contribution is 5.95. The average Bonchev–Trinajstić information content (AvgIpc) is 3.02. The fraction of sp³-hybridized carbons (Fsp3) is 0.444. The van der Waals surface area contributed by atoms with E-state index in [0.29, 0.717) is 17.9 Å². The lowest BCUT2D eigenvalue weighted by Crippen LogP contribution is -2.08. The van der Waals surface area contributed by atoms with Gasteiger partial charge in [0.2, 0.25) is 0 Å². The van der Waals surface area contributed by atoms with E-state index in [9.17, 15) is 4.79 Å². The first-order valence-electron chi connectivity index (χ1n) is 7.87. The molecule has 0 aliphatic carbocycles. The maximum absolute atomic E-state index is 12.4. The molecule has 0 spiro atoms. The van der Waals surface area contributed by atoms with Gasteiger partial charge in [-0.15, -0.1) is 0 Å². The molecule has 1 unspecified atom stereocenters. The zero-order valence-corrected chi connectivity index (χ0v) is 13.0. The minimum Gasteiger partial charge on any atom is -0.294 e. The fourth-order valence-corrected chi connectivity index (χ4v) is 2.51. The molecule has 3 heteroatoms. The van der Waals surface area contributed by atoms with E-state index in [-0.39, 0.29) is 5.78 Å². The van der Waals surface area contributed by atoms with Gasteiger partial charge in [0.15, 0.2) is 5.78 Å². The Morgan fingerprint density at radius 2 is 2.00 bits per heavy atom. The third-order valence-electron chi connectivity index (χ3n) is 3.94. The van der Waals surface area contributed by atoms with Crippen LogP contribution in [0.2, 0.25) is 0 Å². The van der Waals surface area contributed by atoms with Crippen LogP contribution in [0.3, 0.4) is 0 Å². The number of benzene rings is 1. The second-order valence-corrected chi connectivity index (χ2v) is 5.55. The predicted octanol–water partition coefficient (Wildman–Crippen LogP) is 4.66. The van der Waals surface area contributed by atoms with Crippen molar-refractivity contribution in [1.82, 2.24) is 9.78 Å². The van der Waals surface area contributed by atoms with E-state index < -0.39 is 0 Å². The number of Topliss-reactive ketones (excluding diaryl/α,β-unsaturated/α-hetero) is 1. The van der Waals surface area contributed by atoms with Gasteiger partial charge in [0, 0.05) is 12.6 Å². The van der Waals surface area contributed by atoms with Gasteiger partial charge in [-0.3, -0.25) is 4.79 Å². The Morgan fingerprint density at radius 1 is 1.24 bits per heavy atom. The Morgan fingerprint density at radius 3 is 2.67 bits per heavy atom. The second-order valence-electron chi connectivity index (χ2n) is 5.55. The SMILES string of the molecule is CCCCC(CC)CC(=O)c1cnn(-c2ccccc2)c1. The second kappa shape index (κ2) is 7.77. The van der Waals surface area contributed by atoms with E-state index in [1.54, 1.807) is 10.9 Å². The Hall–Kier alpha value is -1.90. The van der Waals surface area contributed by atoms with E-state index in [4.69, 9.17) is 0 Å². The molecule has 1 heterocycles. The lowest BCUT2D eigenvalue weighted by molar-refractivity contribution is 0.0957. The van der Waals surface area contributed by atoms with Crippen molar-refractivity contribution in [2.24, 2.45) is 5.92 Å². The number of aromatic nitrogens is 2. The molecule has 1 aromatic carbocycles. The molecule has 2 aromatic rings. The summed E-state index contributed by atoms with van der Waals surface area (Å²) in [5, 5.41) is 4.30. The maximum Gasteiger partial charge on any atom is 0.166 e. The van der Waals surface area contributed by atoms with Gasteiger partial charge in [-0.2, -0.15) is 5.10 Å². The van der Waals surface area contributed by atoms with Crippen molar-refractivity contribution in [3.63, 3.8) is 0 Å². The average molecular weight is 284 g/mol. The number of nitrogens with zero attached hydrogens (tertiary/aromatic N) is 2. The van der Waals surface area contributed by atoms with Crippen LogP contribution in [0.25, 0.3) is 5.69 Å². The topological polar surface area (TPSA) is 34.9 Å². The Labute approximate surface area is 127 Å². The highest BCUT2D eigenvalue weighted by Crippen LogP contribution is 2.19. The smallest absolute Gasteiger partial charge is 0.166 e. The molecule has 0 saturated carbocycles. The molecule has 0 radical (unpaired) electrons. The zero-order chi connectivity index (χ0) is 15.1. The number of rotatable bonds is 8. The summed E-state index contributed by atoms with van der Waals surface area (Å²) < 4.78 is 1.76. The fourth-order valence-electron chi connectivity index (χ4n) is 2.51. The van der Waals surface area contributed by atoms with E-state index >= 15 is 0 Å². The normalized spacial score (nSPS) is 12.3. The van der Waals surface area contributed by atoms with Gasteiger partial charge in [-0.1, -0.05) is 57.7 Å². The van der Waals surface area contributed by atoms with E-state index in [0.717, 1.165) is 18.5 Å². The third-order valence-corrected chi connectivity index (χ3v) is 3.94. The molecule has 1 aromatic heterocycles. The minimum absolute atomic E-state index is 0.208. The molecular formula is C18H24N2O. The summed E-state index contributed by atoms with van der Waals surface area (Å²) >= 11 is 0. The van der Waals surface area contributed by atoms with Gasteiger partial charge in [-0.25, -0.2) is 4.68 Å².